The van der Waals surface area contributed by atoms with Gasteiger partial charge < -0.3 is 15.4 Å². The fourth-order valence-corrected chi connectivity index (χ4v) is 1.72. The van der Waals surface area contributed by atoms with Crippen molar-refractivity contribution in [3.05, 3.63) is 29.8 Å². The number of hydrogen-bond acceptors (Lipinski definition) is 2. The second kappa shape index (κ2) is 9.23. The van der Waals surface area contributed by atoms with Crippen molar-refractivity contribution < 1.29 is 9.53 Å². The van der Waals surface area contributed by atoms with Crippen molar-refractivity contribution in [3.63, 3.8) is 0 Å². The lowest BCUT2D eigenvalue weighted by Gasteiger charge is -2.10. The number of benzene rings is 1. The zero-order valence-electron chi connectivity index (χ0n) is 12.7. The van der Waals surface area contributed by atoms with Crippen LogP contribution in [0.2, 0.25) is 0 Å². The van der Waals surface area contributed by atoms with E-state index in [-0.39, 0.29) is 6.03 Å². The second-order valence-electron chi connectivity index (χ2n) is 5.11. The van der Waals surface area contributed by atoms with Crippen LogP contribution in [0.3, 0.4) is 0 Å². The summed E-state index contributed by atoms with van der Waals surface area (Å²) in [5.74, 6) is 1.36. The topological polar surface area (TPSA) is 50.4 Å². The molecule has 1 rings (SSSR count). The van der Waals surface area contributed by atoms with Crippen LogP contribution in [0.4, 0.5) is 4.79 Å². The van der Waals surface area contributed by atoms with E-state index in [1.54, 1.807) is 0 Å². The molecule has 0 bridgehead atoms. The average molecular weight is 278 g/mol. The van der Waals surface area contributed by atoms with E-state index < -0.39 is 0 Å². The maximum absolute atomic E-state index is 11.4. The Bertz CT molecular complexity index is 388. The van der Waals surface area contributed by atoms with Gasteiger partial charge in [0.05, 0.1) is 6.54 Å². The Hall–Kier alpha value is -1.71. The number of rotatable bonds is 8. The molecule has 0 aliphatic carbocycles. The SMILES string of the molecule is CCCCNC(=O)NCCOc1ccc(C(C)C)cc1. The summed E-state index contributed by atoms with van der Waals surface area (Å²) in [4.78, 5) is 11.4. The fourth-order valence-electron chi connectivity index (χ4n) is 1.72. The number of ether oxygens (including phenoxy) is 1. The highest BCUT2D eigenvalue weighted by molar-refractivity contribution is 5.73. The van der Waals surface area contributed by atoms with Gasteiger partial charge in [-0.2, -0.15) is 0 Å². The molecule has 4 heteroatoms. The van der Waals surface area contributed by atoms with Gasteiger partial charge in [0.25, 0.3) is 0 Å². The molecule has 0 aliphatic heterocycles. The summed E-state index contributed by atoms with van der Waals surface area (Å²) in [6, 6.07) is 7.96. The summed E-state index contributed by atoms with van der Waals surface area (Å²) >= 11 is 0. The van der Waals surface area contributed by atoms with Crippen LogP contribution in [-0.2, 0) is 0 Å². The number of amides is 2. The molecule has 2 N–H and O–H groups in total. The third-order valence-corrected chi connectivity index (χ3v) is 3.02. The minimum atomic E-state index is -0.128. The Balaban J connectivity index is 2.16. The lowest BCUT2D eigenvalue weighted by Crippen LogP contribution is -2.38. The van der Waals surface area contributed by atoms with Crippen LogP contribution in [0.15, 0.2) is 24.3 Å². The Morgan fingerprint density at radius 2 is 1.80 bits per heavy atom. The predicted octanol–water partition coefficient (Wildman–Crippen LogP) is 3.29. The van der Waals surface area contributed by atoms with Gasteiger partial charge in [0.15, 0.2) is 0 Å². The highest BCUT2D eigenvalue weighted by Crippen LogP contribution is 2.18. The summed E-state index contributed by atoms with van der Waals surface area (Å²) in [6.45, 7) is 8.12. The molecule has 0 spiro atoms. The zero-order valence-corrected chi connectivity index (χ0v) is 12.7. The number of urea groups is 1. The molecule has 0 aliphatic rings. The first-order valence-electron chi connectivity index (χ1n) is 7.38. The van der Waals surface area contributed by atoms with Crippen molar-refractivity contribution in [2.45, 2.75) is 39.5 Å². The minimum absolute atomic E-state index is 0.128. The van der Waals surface area contributed by atoms with Crippen LogP contribution in [0.1, 0.15) is 45.1 Å². The number of nitrogens with one attached hydrogen (secondary N) is 2. The molecular weight excluding hydrogens is 252 g/mol. The van der Waals surface area contributed by atoms with E-state index in [1.165, 1.54) is 5.56 Å². The van der Waals surface area contributed by atoms with Gasteiger partial charge in [0, 0.05) is 6.54 Å². The minimum Gasteiger partial charge on any atom is -0.492 e. The fraction of sp³-hybridized carbons (Fsp3) is 0.562. The van der Waals surface area contributed by atoms with Crippen molar-refractivity contribution in [1.29, 1.82) is 0 Å². The van der Waals surface area contributed by atoms with Gasteiger partial charge in [0.1, 0.15) is 12.4 Å². The number of unbranched alkanes of at least 4 members (excludes halogenated alkanes) is 1. The van der Waals surface area contributed by atoms with Crippen LogP contribution in [-0.4, -0.2) is 25.7 Å². The summed E-state index contributed by atoms with van der Waals surface area (Å²) < 4.78 is 5.57. The van der Waals surface area contributed by atoms with Crippen LogP contribution in [0, 0.1) is 0 Å². The van der Waals surface area contributed by atoms with Crippen LogP contribution >= 0.6 is 0 Å². The molecule has 0 heterocycles. The van der Waals surface area contributed by atoms with E-state index in [0.29, 0.717) is 19.1 Å². The van der Waals surface area contributed by atoms with Gasteiger partial charge in [-0.1, -0.05) is 39.3 Å². The molecular formula is C16H26N2O2. The largest absolute Gasteiger partial charge is 0.492 e. The molecule has 0 radical (unpaired) electrons. The molecule has 1 aromatic carbocycles. The van der Waals surface area contributed by atoms with E-state index >= 15 is 0 Å². The van der Waals surface area contributed by atoms with Gasteiger partial charge in [-0.3, -0.25) is 0 Å². The monoisotopic (exact) mass is 278 g/mol. The highest BCUT2D eigenvalue weighted by atomic mass is 16.5. The number of hydrogen-bond donors (Lipinski definition) is 2. The Kier molecular flexibility index (Phi) is 7.55. The summed E-state index contributed by atoms with van der Waals surface area (Å²) in [5, 5.41) is 5.56. The molecule has 0 saturated carbocycles. The normalized spacial score (nSPS) is 10.4. The van der Waals surface area contributed by atoms with E-state index in [9.17, 15) is 4.79 Å². The second-order valence-corrected chi connectivity index (χ2v) is 5.11. The molecule has 4 nitrogen and oxygen atoms in total. The predicted molar refractivity (Wildman–Crippen MR) is 82.3 cm³/mol. The number of carbonyl (C=O) groups excluding carboxylic acids is 1. The lowest BCUT2D eigenvalue weighted by molar-refractivity contribution is 0.236. The maximum Gasteiger partial charge on any atom is 0.314 e. The first-order valence-corrected chi connectivity index (χ1v) is 7.38. The molecule has 20 heavy (non-hydrogen) atoms. The Morgan fingerprint density at radius 1 is 1.15 bits per heavy atom. The molecule has 0 saturated heterocycles. The van der Waals surface area contributed by atoms with Crippen LogP contribution in [0.5, 0.6) is 5.75 Å². The quantitative estimate of drug-likeness (QED) is 0.717. The molecule has 0 fully saturated rings. The van der Waals surface area contributed by atoms with Gasteiger partial charge >= 0.3 is 6.03 Å². The smallest absolute Gasteiger partial charge is 0.314 e. The third-order valence-electron chi connectivity index (χ3n) is 3.02. The maximum atomic E-state index is 11.4. The van der Waals surface area contributed by atoms with E-state index in [4.69, 9.17) is 4.74 Å². The molecule has 0 aromatic heterocycles. The molecule has 0 atom stereocenters. The zero-order chi connectivity index (χ0) is 14.8. The summed E-state index contributed by atoms with van der Waals surface area (Å²) in [5.41, 5.74) is 1.30. The highest BCUT2D eigenvalue weighted by Gasteiger charge is 2.00. The van der Waals surface area contributed by atoms with Gasteiger partial charge in [-0.15, -0.1) is 0 Å². The van der Waals surface area contributed by atoms with Gasteiger partial charge in [-0.25, -0.2) is 4.79 Å². The Morgan fingerprint density at radius 3 is 2.40 bits per heavy atom. The van der Waals surface area contributed by atoms with Crippen molar-refractivity contribution >= 4 is 6.03 Å². The average Bonchev–Trinajstić information content (AvgIpc) is 2.44. The van der Waals surface area contributed by atoms with Gasteiger partial charge in [0.2, 0.25) is 0 Å². The first-order chi connectivity index (χ1) is 9.63. The molecule has 112 valence electrons. The molecule has 2 amide bonds. The van der Waals surface area contributed by atoms with Crippen LogP contribution in [0.25, 0.3) is 0 Å². The van der Waals surface area contributed by atoms with Gasteiger partial charge in [-0.05, 0) is 30.0 Å². The van der Waals surface area contributed by atoms with E-state index in [0.717, 1.165) is 25.1 Å². The van der Waals surface area contributed by atoms with Crippen molar-refractivity contribution in [1.82, 2.24) is 10.6 Å². The lowest BCUT2D eigenvalue weighted by atomic mass is 10.0. The molecule has 1 aromatic rings. The molecule has 0 unspecified atom stereocenters. The number of carbonyl (C=O) groups is 1. The van der Waals surface area contributed by atoms with Crippen molar-refractivity contribution in [2.75, 3.05) is 19.7 Å². The summed E-state index contributed by atoms with van der Waals surface area (Å²) in [7, 11) is 0. The first kappa shape index (κ1) is 16.3. The van der Waals surface area contributed by atoms with E-state index in [2.05, 4.69) is 43.5 Å². The summed E-state index contributed by atoms with van der Waals surface area (Å²) in [6.07, 6.45) is 2.09. The third kappa shape index (κ3) is 6.45. The van der Waals surface area contributed by atoms with Crippen LogP contribution < -0.4 is 15.4 Å². The van der Waals surface area contributed by atoms with Crippen molar-refractivity contribution in [2.24, 2.45) is 0 Å². The van der Waals surface area contributed by atoms with Crippen molar-refractivity contribution in [3.8, 4) is 5.75 Å². The Labute approximate surface area is 121 Å². The standard InChI is InChI=1S/C16H26N2O2/c1-4-5-10-17-16(19)18-11-12-20-15-8-6-14(7-9-15)13(2)3/h6-9,13H,4-5,10-12H2,1-3H3,(H2,17,18,19). The van der Waals surface area contributed by atoms with E-state index in [1.807, 2.05) is 12.1 Å².